The second-order valence-corrected chi connectivity index (χ2v) is 5.82. The Kier molecular flexibility index (Phi) is 4.81. The third-order valence-corrected chi connectivity index (χ3v) is 4.44. The predicted octanol–water partition coefficient (Wildman–Crippen LogP) is 0.827. The van der Waals surface area contributed by atoms with Crippen LogP contribution in [0, 0.1) is 6.92 Å². The molecule has 0 radical (unpaired) electrons. The second-order valence-electron chi connectivity index (χ2n) is 3.85. The Labute approximate surface area is 120 Å². The van der Waals surface area contributed by atoms with Gasteiger partial charge in [0.05, 0.1) is 7.11 Å². The van der Waals surface area contributed by atoms with Crippen molar-refractivity contribution in [2.45, 2.75) is 17.0 Å². The minimum Gasteiger partial charge on any atom is -0.497 e. The largest absolute Gasteiger partial charge is 0.497 e. The first-order valence-corrected chi connectivity index (χ1v) is 7.32. The van der Waals surface area contributed by atoms with Crippen molar-refractivity contribution in [1.29, 1.82) is 0 Å². The van der Waals surface area contributed by atoms with Crippen molar-refractivity contribution in [3.8, 4) is 5.75 Å². The number of nitrogens with zero attached hydrogens (tertiary/aromatic N) is 2. The van der Waals surface area contributed by atoms with Gasteiger partial charge in [-0.25, -0.2) is 4.98 Å². The van der Waals surface area contributed by atoms with E-state index in [1.807, 2.05) is 13.0 Å². The first-order chi connectivity index (χ1) is 9.10. The van der Waals surface area contributed by atoms with E-state index in [1.54, 1.807) is 23.9 Å². The minimum atomic E-state index is -1.54. The van der Waals surface area contributed by atoms with E-state index in [0.717, 1.165) is 15.7 Å². The van der Waals surface area contributed by atoms with Gasteiger partial charge >= 0.3 is 7.12 Å². The molecule has 2 rings (SSSR count). The van der Waals surface area contributed by atoms with Gasteiger partial charge in [0, 0.05) is 11.2 Å². The fourth-order valence-electron chi connectivity index (χ4n) is 1.56. The topological polar surface area (TPSA) is 75.5 Å². The third-order valence-electron chi connectivity index (χ3n) is 2.44. The molecule has 1 heterocycles. The number of methoxy groups -OCH3 is 1. The van der Waals surface area contributed by atoms with Crippen molar-refractivity contribution in [3.05, 3.63) is 29.6 Å². The van der Waals surface area contributed by atoms with E-state index >= 15 is 0 Å². The Morgan fingerprint density at radius 1 is 1.42 bits per heavy atom. The van der Waals surface area contributed by atoms with E-state index < -0.39 is 7.12 Å². The van der Waals surface area contributed by atoms with Gasteiger partial charge in [0.25, 0.3) is 0 Å². The summed E-state index contributed by atoms with van der Waals surface area (Å²) in [5.41, 5.74) is 1.34. The summed E-state index contributed by atoms with van der Waals surface area (Å²) >= 11 is 2.93. The molecular formula is C11H13BN2O3S2. The molecule has 2 N–H and O–H groups in total. The standard InChI is InChI=1S/C11H13BN2O3S2/c1-7-13-11(19-14-7)18-6-8-3-4-10(17-2)9(5-8)12(15)16/h3-5,15-16H,6H2,1-2H3. The molecule has 0 spiro atoms. The normalized spacial score (nSPS) is 10.5. The predicted molar refractivity (Wildman–Crippen MR) is 77.0 cm³/mol. The zero-order chi connectivity index (χ0) is 13.8. The first kappa shape index (κ1) is 14.3. The maximum Gasteiger partial charge on any atom is 0.492 e. The Bertz CT molecular complexity index is 563. The van der Waals surface area contributed by atoms with E-state index in [-0.39, 0.29) is 0 Å². The summed E-state index contributed by atoms with van der Waals surface area (Å²) < 4.78 is 10.1. The van der Waals surface area contributed by atoms with Crippen molar-refractivity contribution in [2.75, 3.05) is 7.11 Å². The van der Waals surface area contributed by atoms with Crippen LogP contribution < -0.4 is 10.2 Å². The quantitative estimate of drug-likeness (QED) is 0.629. The lowest BCUT2D eigenvalue weighted by Gasteiger charge is -2.09. The van der Waals surface area contributed by atoms with Crippen LogP contribution in [-0.4, -0.2) is 33.6 Å². The molecule has 0 saturated carbocycles. The van der Waals surface area contributed by atoms with E-state index in [2.05, 4.69) is 9.36 Å². The van der Waals surface area contributed by atoms with Crippen LogP contribution in [0.1, 0.15) is 11.4 Å². The lowest BCUT2D eigenvalue weighted by Crippen LogP contribution is -2.31. The average Bonchev–Trinajstić information content (AvgIpc) is 2.81. The van der Waals surface area contributed by atoms with E-state index in [0.29, 0.717) is 17.0 Å². The number of hydrogen-bond donors (Lipinski definition) is 2. The van der Waals surface area contributed by atoms with Crippen molar-refractivity contribution in [3.63, 3.8) is 0 Å². The summed E-state index contributed by atoms with van der Waals surface area (Å²) in [6.45, 7) is 1.86. The van der Waals surface area contributed by atoms with Gasteiger partial charge < -0.3 is 14.8 Å². The molecule has 0 bridgehead atoms. The van der Waals surface area contributed by atoms with Crippen LogP contribution in [0.25, 0.3) is 0 Å². The Balaban J connectivity index is 2.10. The molecule has 0 aliphatic rings. The number of rotatable bonds is 5. The second kappa shape index (κ2) is 6.38. The smallest absolute Gasteiger partial charge is 0.492 e. The van der Waals surface area contributed by atoms with Crippen LogP contribution in [0.2, 0.25) is 0 Å². The van der Waals surface area contributed by atoms with Gasteiger partial charge in [-0.15, -0.1) is 0 Å². The molecule has 5 nitrogen and oxygen atoms in total. The number of hydrogen-bond acceptors (Lipinski definition) is 7. The van der Waals surface area contributed by atoms with E-state index in [9.17, 15) is 10.0 Å². The van der Waals surface area contributed by atoms with Gasteiger partial charge in [-0.05, 0) is 30.1 Å². The highest BCUT2D eigenvalue weighted by atomic mass is 32.2. The average molecular weight is 296 g/mol. The molecule has 0 unspecified atom stereocenters. The van der Waals surface area contributed by atoms with Crippen molar-refractivity contribution in [2.24, 2.45) is 0 Å². The summed E-state index contributed by atoms with van der Waals surface area (Å²) in [5, 5.41) is 18.6. The van der Waals surface area contributed by atoms with Gasteiger partial charge in [0.1, 0.15) is 11.6 Å². The SMILES string of the molecule is COc1ccc(CSc2nc(C)ns2)cc1B(O)O. The fourth-order valence-corrected chi connectivity index (χ4v) is 3.15. The minimum absolute atomic E-state index is 0.369. The molecule has 8 heteroatoms. The zero-order valence-corrected chi connectivity index (χ0v) is 12.2. The molecular weight excluding hydrogens is 283 g/mol. The molecule has 0 fully saturated rings. The summed E-state index contributed by atoms with van der Waals surface area (Å²) in [7, 11) is -0.0386. The number of ether oxygens (including phenoxy) is 1. The molecule has 0 atom stereocenters. The molecule has 100 valence electrons. The highest BCUT2D eigenvalue weighted by molar-refractivity contribution is 8.00. The maximum atomic E-state index is 9.30. The number of aromatic nitrogens is 2. The van der Waals surface area contributed by atoms with Crippen LogP contribution in [0.4, 0.5) is 0 Å². The molecule has 0 saturated heterocycles. The highest BCUT2D eigenvalue weighted by Crippen LogP contribution is 2.24. The van der Waals surface area contributed by atoms with Crippen LogP contribution in [0.3, 0.4) is 0 Å². The number of aryl methyl sites for hydroxylation is 1. The third kappa shape index (κ3) is 3.69. The molecule has 0 aliphatic heterocycles. The Morgan fingerprint density at radius 2 is 2.21 bits per heavy atom. The molecule has 2 aromatic rings. The molecule has 0 aliphatic carbocycles. The van der Waals surface area contributed by atoms with Crippen LogP contribution in [-0.2, 0) is 5.75 Å². The summed E-state index contributed by atoms with van der Waals surface area (Å²) in [6, 6.07) is 5.35. The van der Waals surface area contributed by atoms with E-state index in [4.69, 9.17) is 4.74 Å². The molecule has 0 amide bonds. The van der Waals surface area contributed by atoms with Crippen molar-refractivity contribution in [1.82, 2.24) is 9.36 Å². The van der Waals surface area contributed by atoms with Gasteiger partial charge in [-0.2, -0.15) is 4.37 Å². The maximum absolute atomic E-state index is 9.30. The number of thioether (sulfide) groups is 1. The van der Waals surface area contributed by atoms with Crippen LogP contribution in [0.15, 0.2) is 22.5 Å². The summed E-state index contributed by atoms with van der Waals surface area (Å²) in [6.07, 6.45) is 0. The van der Waals surface area contributed by atoms with Crippen molar-refractivity contribution >= 4 is 35.9 Å². The monoisotopic (exact) mass is 296 g/mol. The molecule has 1 aromatic heterocycles. The van der Waals surface area contributed by atoms with Gasteiger partial charge in [-0.3, -0.25) is 0 Å². The molecule has 1 aromatic carbocycles. The Morgan fingerprint density at radius 3 is 2.79 bits per heavy atom. The van der Waals surface area contributed by atoms with E-state index in [1.165, 1.54) is 18.6 Å². The lowest BCUT2D eigenvalue weighted by atomic mass is 9.79. The summed E-state index contributed by atoms with van der Waals surface area (Å²) in [4.78, 5) is 4.26. The zero-order valence-electron chi connectivity index (χ0n) is 10.5. The summed E-state index contributed by atoms with van der Waals surface area (Å²) in [5.74, 6) is 1.93. The number of benzene rings is 1. The van der Waals surface area contributed by atoms with Crippen molar-refractivity contribution < 1.29 is 14.8 Å². The van der Waals surface area contributed by atoms with Gasteiger partial charge in [0.15, 0.2) is 4.34 Å². The van der Waals surface area contributed by atoms with Gasteiger partial charge in [0.2, 0.25) is 0 Å². The highest BCUT2D eigenvalue weighted by Gasteiger charge is 2.17. The van der Waals surface area contributed by atoms with Crippen LogP contribution >= 0.6 is 23.3 Å². The molecule has 19 heavy (non-hydrogen) atoms. The Hall–Kier alpha value is -1.09. The first-order valence-electron chi connectivity index (χ1n) is 5.56. The lowest BCUT2D eigenvalue weighted by molar-refractivity contribution is 0.403. The fraction of sp³-hybridized carbons (Fsp3) is 0.273. The van der Waals surface area contributed by atoms with Crippen LogP contribution in [0.5, 0.6) is 5.75 Å². The van der Waals surface area contributed by atoms with Gasteiger partial charge in [-0.1, -0.05) is 23.9 Å².